The lowest BCUT2D eigenvalue weighted by molar-refractivity contribution is -0.107. The molecule has 0 rings (SSSR count). The summed E-state index contributed by atoms with van der Waals surface area (Å²) in [6.07, 6.45) is 17.4. The van der Waals surface area contributed by atoms with Gasteiger partial charge < -0.3 is 9.59 Å². The zero-order valence-corrected chi connectivity index (χ0v) is 12.5. The van der Waals surface area contributed by atoms with E-state index in [4.69, 9.17) is 0 Å². The summed E-state index contributed by atoms with van der Waals surface area (Å²) in [5.41, 5.74) is 0. The number of carbonyl (C=O) groups is 2. The molecule has 0 aliphatic carbocycles. The molecule has 0 amide bonds. The van der Waals surface area contributed by atoms with Crippen molar-refractivity contribution >= 4 is 25.0 Å². The molecule has 0 aromatic rings. The first-order valence-corrected chi connectivity index (χ1v) is 7.75. The molecule has 0 aromatic heterocycles. The smallest absolute Gasteiger partial charge is 0.141 e. The monoisotopic (exact) mass is 280 g/mol. The van der Waals surface area contributed by atoms with Crippen LogP contribution in [0.5, 0.6) is 0 Å². The fraction of sp³-hybridized carbons (Fsp3) is 0.750. The lowest BCUT2D eigenvalue weighted by atomic mass is 10.1. The van der Waals surface area contributed by atoms with E-state index in [1.807, 2.05) is 12.4 Å². The highest BCUT2D eigenvalue weighted by molar-refractivity contribution is 5.62. The van der Waals surface area contributed by atoms with E-state index in [0.717, 1.165) is 25.4 Å². The van der Waals surface area contributed by atoms with Gasteiger partial charge in [-0.3, -0.25) is 9.98 Å². The number of rotatable bonds is 15. The molecule has 0 aliphatic heterocycles. The van der Waals surface area contributed by atoms with Crippen LogP contribution in [0.3, 0.4) is 0 Å². The Bertz CT molecular complexity index is 248. The molecule has 4 nitrogen and oxygen atoms in total. The maximum atomic E-state index is 10.0. The molecule has 0 spiro atoms. The molecule has 0 bridgehead atoms. The van der Waals surface area contributed by atoms with Crippen molar-refractivity contribution in [3.63, 3.8) is 0 Å². The molecular weight excluding hydrogens is 252 g/mol. The van der Waals surface area contributed by atoms with E-state index in [-0.39, 0.29) is 0 Å². The average molecular weight is 280 g/mol. The first-order chi connectivity index (χ1) is 9.91. The van der Waals surface area contributed by atoms with E-state index in [1.165, 1.54) is 51.4 Å². The van der Waals surface area contributed by atoms with Crippen LogP contribution < -0.4 is 0 Å². The Labute approximate surface area is 122 Å². The fourth-order valence-electron chi connectivity index (χ4n) is 1.95. The van der Waals surface area contributed by atoms with Crippen molar-refractivity contribution in [1.82, 2.24) is 0 Å². The second-order valence-corrected chi connectivity index (χ2v) is 4.83. The van der Waals surface area contributed by atoms with Crippen LogP contribution in [0.15, 0.2) is 9.98 Å². The van der Waals surface area contributed by atoms with Crippen molar-refractivity contribution in [2.75, 3.05) is 13.1 Å². The van der Waals surface area contributed by atoms with Gasteiger partial charge in [-0.1, -0.05) is 38.5 Å². The predicted molar refractivity (Wildman–Crippen MR) is 85.0 cm³/mol. The highest BCUT2D eigenvalue weighted by atomic mass is 16.1. The lowest BCUT2D eigenvalue weighted by Crippen LogP contribution is -1.85. The second kappa shape index (κ2) is 17.7. The van der Waals surface area contributed by atoms with Crippen LogP contribution in [0.25, 0.3) is 0 Å². The minimum Gasteiger partial charge on any atom is -0.301 e. The minimum atomic E-state index is 0.305. The molecule has 114 valence electrons. The summed E-state index contributed by atoms with van der Waals surface area (Å²) < 4.78 is 0. The molecule has 0 unspecified atom stereocenters. The van der Waals surface area contributed by atoms with Gasteiger partial charge in [-0.05, 0) is 38.1 Å². The first-order valence-electron chi connectivity index (χ1n) is 7.75. The van der Waals surface area contributed by atoms with Gasteiger partial charge in [-0.25, -0.2) is 0 Å². The zero-order valence-electron chi connectivity index (χ0n) is 12.5. The Balaban J connectivity index is 3.06. The number of nitrogens with zero attached hydrogens (tertiary/aromatic N) is 2. The maximum Gasteiger partial charge on any atom is 0.141 e. The Kier molecular flexibility index (Phi) is 16.5. The number of carbonyl (C=O) groups excluding carboxylic acids is 2. The molecule has 0 saturated heterocycles. The van der Waals surface area contributed by atoms with Crippen LogP contribution in [0, 0.1) is 0 Å². The Morgan fingerprint density at radius 1 is 0.550 bits per heavy atom. The topological polar surface area (TPSA) is 58.9 Å². The van der Waals surface area contributed by atoms with Gasteiger partial charge in [0.05, 0.1) is 13.1 Å². The van der Waals surface area contributed by atoms with Gasteiger partial charge in [0.15, 0.2) is 0 Å². The number of hydrogen-bond donors (Lipinski definition) is 0. The number of aliphatic imine (C=N–C) groups is 2. The predicted octanol–water partition coefficient (Wildman–Crippen LogP) is 3.43. The summed E-state index contributed by atoms with van der Waals surface area (Å²) in [5, 5.41) is 0. The van der Waals surface area contributed by atoms with E-state index < -0.39 is 0 Å². The van der Waals surface area contributed by atoms with Crippen molar-refractivity contribution in [3.8, 4) is 0 Å². The molecule has 0 fully saturated rings. The fourth-order valence-corrected chi connectivity index (χ4v) is 1.95. The molecule has 0 aliphatic rings. The largest absolute Gasteiger partial charge is 0.301 e. The van der Waals surface area contributed by atoms with Crippen LogP contribution in [-0.2, 0) is 9.59 Å². The third-order valence-corrected chi connectivity index (χ3v) is 3.03. The molecule has 0 aromatic carbocycles. The third kappa shape index (κ3) is 16.7. The van der Waals surface area contributed by atoms with E-state index in [9.17, 15) is 9.59 Å². The second-order valence-electron chi connectivity index (χ2n) is 4.83. The SMILES string of the molecule is O=CCN=CCCCCCCCCCCC=NCC=O. The molecule has 20 heavy (non-hydrogen) atoms. The molecule has 4 heteroatoms. The first kappa shape index (κ1) is 18.7. The summed E-state index contributed by atoms with van der Waals surface area (Å²) in [4.78, 5) is 28.0. The highest BCUT2D eigenvalue weighted by Gasteiger charge is 1.91. The van der Waals surface area contributed by atoms with Gasteiger partial charge in [0.1, 0.15) is 12.6 Å². The summed E-state index contributed by atoms with van der Waals surface area (Å²) in [7, 11) is 0. The molecule has 0 radical (unpaired) electrons. The molecule has 0 N–H and O–H groups in total. The van der Waals surface area contributed by atoms with E-state index >= 15 is 0 Å². The van der Waals surface area contributed by atoms with Crippen molar-refractivity contribution in [2.24, 2.45) is 9.98 Å². The van der Waals surface area contributed by atoms with Gasteiger partial charge in [0.2, 0.25) is 0 Å². The Morgan fingerprint density at radius 3 is 1.25 bits per heavy atom. The maximum absolute atomic E-state index is 10.0. The summed E-state index contributed by atoms with van der Waals surface area (Å²) in [6.45, 7) is 0.611. The van der Waals surface area contributed by atoms with Gasteiger partial charge in [-0.2, -0.15) is 0 Å². The number of unbranched alkanes of at least 4 members (excludes halogenated alkanes) is 9. The number of aldehydes is 2. The van der Waals surface area contributed by atoms with E-state index in [0.29, 0.717) is 13.1 Å². The quantitative estimate of drug-likeness (QED) is 0.262. The Morgan fingerprint density at radius 2 is 0.900 bits per heavy atom. The normalized spacial score (nSPS) is 11.4. The van der Waals surface area contributed by atoms with Gasteiger partial charge in [0, 0.05) is 0 Å². The Hall–Kier alpha value is -1.32. The molecule has 0 heterocycles. The highest BCUT2D eigenvalue weighted by Crippen LogP contribution is 2.09. The van der Waals surface area contributed by atoms with Crippen molar-refractivity contribution < 1.29 is 9.59 Å². The van der Waals surface area contributed by atoms with Gasteiger partial charge >= 0.3 is 0 Å². The standard InChI is InChI=1S/C16H28N2O2/c19-15-13-17-11-9-7-5-3-1-2-4-6-8-10-12-18-14-16-20/h11-12,15-16H,1-10,13-14H2. The van der Waals surface area contributed by atoms with Crippen LogP contribution in [0.1, 0.15) is 64.2 Å². The van der Waals surface area contributed by atoms with Crippen LogP contribution >= 0.6 is 0 Å². The third-order valence-electron chi connectivity index (χ3n) is 3.03. The molecule has 0 saturated carbocycles. The van der Waals surface area contributed by atoms with Crippen LogP contribution in [0.4, 0.5) is 0 Å². The van der Waals surface area contributed by atoms with Crippen molar-refractivity contribution in [3.05, 3.63) is 0 Å². The zero-order chi connectivity index (χ0) is 14.7. The van der Waals surface area contributed by atoms with Crippen molar-refractivity contribution in [2.45, 2.75) is 64.2 Å². The molecular formula is C16H28N2O2. The number of hydrogen-bond acceptors (Lipinski definition) is 4. The van der Waals surface area contributed by atoms with Crippen molar-refractivity contribution in [1.29, 1.82) is 0 Å². The van der Waals surface area contributed by atoms with E-state index in [1.54, 1.807) is 0 Å². The minimum absolute atomic E-state index is 0.305. The summed E-state index contributed by atoms with van der Waals surface area (Å²) >= 11 is 0. The summed E-state index contributed by atoms with van der Waals surface area (Å²) in [5.74, 6) is 0. The van der Waals surface area contributed by atoms with Gasteiger partial charge in [-0.15, -0.1) is 0 Å². The average Bonchev–Trinajstić information content (AvgIpc) is 2.47. The van der Waals surface area contributed by atoms with Crippen LogP contribution in [-0.4, -0.2) is 38.1 Å². The lowest BCUT2D eigenvalue weighted by Gasteiger charge is -2.00. The molecule has 0 atom stereocenters. The summed E-state index contributed by atoms with van der Waals surface area (Å²) in [6, 6.07) is 0. The van der Waals surface area contributed by atoms with Gasteiger partial charge in [0.25, 0.3) is 0 Å². The van der Waals surface area contributed by atoms with E-state index in [2.05, 4.69) is 9.98 Å². The van der Waals surface area contributed by atoms with Crippen LogP contribution in [0.2, 0.25) is 0 Å².